The van der Waals surface area contributed by atoms with Crippen molar-refractivity contribution < 1.29 is 54.9 Å². The van der Waals surface area contributed by atoms with Crippen LogP contribution < -0.4 is 20.5 Å². The second-order valence-electron chi connectivity index (χ2n) is 7.28. The topological polar surface area (TPSA) is 124 Å². The molecule has 0 spiro atoms. The highest BCUT2D eigenvalue weighted by molar-refractivity contribution is 6.07. The number of primary amides is 1. The van der Waals surface area contributed by atoms with Gasteiger partial charge in [0.15, 0.2) is 17.3 Å². The summed E-state index contributed by atoms with van der Waals surface area (Å²) in [7, 11) is 0. The monoisotopic (exact) mass is 533 g/mol. The Kier molecular flexibility index (Phi) is 7.18. The number of ether oxygens (including phenoxy) is 2. The summed E-state index contributed by atoms with van der Waals surface area (Å²) in [5, 5.41) is 12.1. The van der Waals surface area contributed by atoms with Crippen LogP contribution in [0, 0.1) is 12.7 Å². The number of halogens is 7. The molecule has 1 heterocycles. The molecule has 0 unspecified atom stereocenters. The van der Waals surface area contributed by atoms with Crippen LogP contribution in [0.4, 0.5) is 36.4 Å². The molecule has 0 bridgehead atoms. The molecule has 3 aromatic rings. The van der Waals surface area contributed by atoms with E-state index in [0.29, 0.717) is 18.2 Å². The predicted octanol–water partition coefficient (Wildman–Crippen LogP) is 5.30. The van der Waals surface area contributed by atoms with Crippen LogP contribution in [-0.4, -0.2) is 28.3 Å². The van der Waals surface area contributed by atoms with Gasteiger partial charge < -0.3 is 25.6 Å². The van der Waals surface area contributed by atoms with Crippen molar-refractivity contribution in [3.63, 3.8) is 0 Å². The summed E-state index contributed by atoms with van der Waals surface area (Å²) in [5.74, 6) is -7.63. The van der Waals surface area contributed by atoms with E-state index in [-0.39, 0.29) is 23.0 Å². The Morgan fingerprint density at radius 2 is 1.68 bits per heavy atom. The summed E-state index contributed by atoms with van der Waals surface area (Å²) in [6, 6.07) is 3.97. The van der Waals surface area contributed by atoms with Crippen molar-refractivity contribution in [2.45, 2.75) is 19.5 Å². The van der Waals surface area contributed by atoms with E-state index in [9.17, 15) is 45.4 Å². The van der Waals surface area contributed by atoms with E-state index in [4.69, 9.17) is 10.5 Å². The van der Waals surface area contributed by atoms with Gasteiger partial charge in [-0.3, -0.25) is 9.59 Å². The number of aromatic nitrogens is 1. The van der Waals surface area contributed by atoms with Crippen molar-refractivity contribution in [2.75, 3.05) is 5.32 Å². The Morgan fingerprint density at radius 3 is 2.22 bits per heavy atom. The predicted molar refractivity (Wildman–Crippen MR) is 112 cm³/mol. The number of rotatable bonds is 6. The van der Waals surface area contributed by atoms with Crippen LogP contribution in [0.15, 0.2) is 42.6 Å². The number of carbonyl (C=O) groups is 2. The molecule has 15 heteroatoms. The Bertz CT molecular complexity index is 1370. The lowest BCUT2D eigenvalue weighted by Crippen LogP contribution is -2.20. The van der Waals surface area contributed by atoms with Crippen LogP contribution in [0.2, 0.25) is 0 Å². The molecule has 0 saturated heterocycles. The van der Waals surface area contributed by atoms with Crippen molar-refractivity contribution in [1.29, 1.82) is 0 Å². The number of alkyl halides is 6. The number of anilines is 1. The summed E-state index contributed by atoms with van der Waals surface area (Å²) in [5.41, 5.74) is 1.94. The Labute approximate surface area is 202 Å². The van der Waals surface area contributed by atoms with E-state index < -0.39 is 64.3 Å². The molecule has 0 fully saturated rings. The summed E-state index contributed by atoms with van der Waals surface area (Å²) in [4.78, 5) is 27.8. The second kappa shape index (κ2) is 9.83. The number of nitrogens with one attached hydrogen (secondary N) is 1. The lowest BCUT2D eigenvalue weighted by molar-refractivity contribution is -0.274. The third kappa shape index (κ3) is 6.36. The molecule has 2 aromatic carbocycles. The molecule has 0 radical (unpaired) electrons. The van der Waals surface area contributed by atoms with Gasteiger partial charge in [-0.1, -0.05) is 0 Å². The summed E-state index contributed by atoms with van der Waals surface area (Å²) in [6.07, 6.45) is -9.33. The van der Waals surface area contributed by atoms with Crippen molar-refractivity contribution in [3.05, 3.63) is 70.8 Å². The largest absolute Gasteiger partial charge is 0.573 e. The fourth-order valence-corrected chi connectivity index (χ4v) is 2.98. The van der Waals surface area contributed by atoms with Crippen molar-refractivity contribution in [3.8, 4) is 23.0 Å². The van der Waals surface area contributed by atoms with Gasteiger partial charge in [0.2, 0.25) is 0 Å². The highest BCUT2D eigenvalue weighted by atomic mass is 19.4. The van der Waals surface area contributed by atoms with Gasteiger partial charge in [-0.15, -0.1) is 13.2 Å². The van der Waals surface area contributed by atoms with Gasteiger partial charge in [-0.05, 0) is 42.8 Å². The number of phenolic OH excluding ortho intramolecular Hbond substituents is 1. The number of benzene rings is 2. The van der Waals surface area contributed by atoms with Gasteiger partial charge in [-0.2, -0.15) is 13.2 Å². The van der Waals surface area contributed by atoms with Gasteiger partial charge in [0, 0.05) is 6.07 Å². The molecule has 0 atom stereocenters. The Balaban J connectivity index is 2.03. The SMILES string of the molecule is Cc1cc(C(N)=O)ncc1NC(=O)c1c(Oc2ccc(OC(F)(F)F)cc2O)ccc(C(F)(F)F)c1F. The number of nitrogens with two attached hydrogens (primary N) is 1. The molecule has 0 saturated carbocycles. The van der Waals surface area contributed by atoms with E-state index in [2.05, 4.69) is 15.0 Å². The number of amides is 2. The fourth-order valence-electron chi connectivity index (χ4n) is 2.98. The minimum Gasteiger partial charge on any atom is -0.504 e. The van der Waals surface area contributed by atoms with Crippen LogP contribution in [0.1, 0.15) is 32.0 Å². The first-order valence-electron chi connectivity index (χ1n) is 9.81. The standard InChI is InChI=1S/C22H14F7N3O5/c1-9-6-12(19(30)34)31-8-13(9)32-20(35)17-16(5-3-11(18(17)23)21(24,25)26)36-15-4-2-10(7-14(15)33)37-22(27,28)29/h2-8,33H,1H3,(H2,30,34)(H,32,35). The number of aromatic hydroxyl groups is 1. The van der Waals surface area contributed by atoms with Crippen LogP contribution in [-0.2, 0) is 6.18 Å². The van der Waals surface area contributed by atoms with E-state index in [1.165, 1.54) is 13.0 Å². The van der Waals surface area contributed by atoms with Gasteiger partial charge in [-0.25, -0.2) is 9.37 Å². The number of nitrogens with zero attached hydrogens (tertiary/aromatic N) is 1. The third-order valence-corrected chi connectivity index (χ3v) is 4.63. The first-order valence-corrected chi connectivity index (χ1v) is 9.81. The molecule has 0 aliphatic rings. The van der Waals surface area contributed by atoms with E-state index in [1.54, 1.807) is 0 Å². The molecule has 0 aliphatic carbocycles. The van der Waals surface area contributed by atoms with Crippen LogP contribution in [0.5, 0.6) is 23.0 Å². The van der Waals surface area contributed by atoms with Crippen LogP contribution in [0.25, 0.3) is 0 Å². The molecule has 4 N–H and O–H groups in total. The van der Waals surface area contributed by atoms with Crippen molar-refractivity contribution >= 4 is 17.5 Å². The van der Waals surface area contributed by atoms with Crippen LogP contribution in [0.3, 0.4) is 0 Å². The first kappa shape index (κ1) is 27.0. The average molecular weight is 533 g/mol. The quantitative estimate of drug-likeness (QED) is 0.370. The maximum absolute atomic E-state index is 15.0. The normalized spacial score (nSPS) is 11.7. The zero-order chi connectivity index (χ0) is 27.7. The van der Waals surface area contributed by atoms with Gasteiger partial charge in [0.05, 0.1) is 17.4 Å². The number of hydrogen-bond acceptors (Lipinski definition) is 6. The first-order chi connectivity index (χ1) is 17.1. The van der Waals surface area contributed by atoms with Crippen molar-refractivity contribution in [2.24, 2.45) is 5.73 Å². The van der Waals surface area contributed by atoms with E-state index >= 15 is 0 Å². The maximum Gasteiger partial charge on any atom is 0.573 e. The smallest absolute Gasteiger partial charge is 0.504 e. The second-order valence-corrected chi connectivity index (χ2v) is 7.28. The maximum atomic E-state index is 15.0. The van der Waals surface area contributed by atoms with Crippen LogP contribution >= 0.6 is 0 Å². The molecular formula is C22H14F7N3O5. The highest BCUT2D eigenvalue weighted by Crippen LogP contribution is 2.40. The third-order valence-electron chi connectivity index (χ3n) is 4.63. The molecule has 0 aliphatic heterocycles. The van der Waals surface area contributed by atoms with E-state index in [0.717, 1.165) is 12.3 Å². The molecular weight excluding hydrogens is 519 g/mol. The summed E-state index contributed by atoms with van der Waals surface area (Å²) in [6.45, 7) is 1.40. The van der Waals surface area contributed by atoms with Gasteiger partial charge in [0.25, 0.3) is 11.8 Å². The number of phenols is 1. The molecule has 1 aromatic heterocycles. The molecule has 8 nitrogen and oxygen atoms in total. The van der Waals surface area contributed by atoms with Gasteiger partial charge in [0.1, 0.15) is 22.8 Å². The minimum atomic E-state index is -5.21. The minimum absolute atomic E-state index is 0.116. The zero-order valence-corrected chi connectivity index (χ0v) is 18.3. The molecule has 37 heavy (non-hydrogen) atoms. The Morgan fingerprint density at radius 1 is 1.03 bits per heavy atom. The zero-order valence-electron chi connectivity index (χ0n) is 18.3. The molecule has 3 rings (SSSR count). The lowest BCUT2D eigenvalue weighted by Gasteiger charge is -2.17. The summed E-state index contributed by atoms with van der Waals surface area (Å²) >= 11 is 0. The number of hydrogen-bond donors (Lipinski definition) is 3. The lowest BCUT2D eigenvalue weighted by atomic mass is 10.1. The molecule has 196 valence electrons. The fraction of sp³-hybridized carbons (Fsp3) is 0.136. The number of pyridine rings is 1. The average Bonchev–Trinajstić information content (AvgIpc) is 2.75. The Hall–Kier alpha value is -4.56. The number of carbonyl (C=O) groups excluding carboxylic acids is 2. The highest BCUT2D eigenvalue weighted by Gasteiger charge is 2.38. The number of aryl methyl sites for hydroxylation is 1. The van der Waals surface area contributed by atoms with Gasteiger partial charge >= 0.3 is 12.5 Å². The summed E-state index contributed by atoms with van der Waals surface area (Å²) < 4.78 is 101. The molecule has 2 amide bonds. The van der Waals surface area contributed by atoms with Crippen molar-refractivity contribution in [1.82, 2.24) is 4.98 Å². The van der Waals surface area contributed by atoms with E-state index in [1.807, 2.05) is 0 Å².